The SMILES string of the molecule is CC(O)C(NC(=O)C(CCCN=C(N)N)NC(=O)C(N)CCC(=O)O)C(=O)NC(CS)C(=O)O. The van der Waals surface area contributed by atoms with Gasteiger partial charge in [-0.05, 0) is 26.2 Å². The van der Waals surface area contributed by atoms with Crippen LogP contribution in [0.3, 0.4) is 0 Å². The molecular weight excluding hydrogens is 474 g/mol. The number of aliphatic carboxylic acids is 2. The van der Waals surface area contributed by atoms with Crippen LogP contribution in [0.2, 0.25) is 0 Å². The number of carboxylic acid groups (broad SMARTS) is 2. The molecular formula is C18H33N7O8S. The van der Waals surface area contributed by atoms with E-state index in [4.69, 9.17) is 27.4 Å². The summed E-state index contributed by atoms with van der Waals surface area (Å²) in [6.45, 7) is 1.32. The molecule has 12 N–H and O–H groups in total. The Kier molecular flexibility index (Phi) is 14.2. The highest BCUT2D eigenvalue weighted by Gasteiger charge is 2.32. The van der Waals surface area contributed by atoms with E-state index in [0.717, 1.165) is 0 Å². The molecule has 0 saturated carbocycles. The minimum absolute atomic E-state index is 0.00252. The largest absolute Gasteiger partial charge is 0.481 e. The van der Waals surface area contributed by atoms with Gasteiger partial charge >= 0.3 is 11.9 Å². The number of guanidine groups is 1. The third kappa shape index (κ3) is 12.2. The van der Waals surface area contributed by atoms with Gasteiger partial charge in [0.25, 0.3) is 0 Å². The summed E-state index contributed by atoms with van der Waals surface area (Å²) in [4.78, 5) is 63.2. The van der Waals surface area contributed by atoms with Gasteiger partial charge in [-0.2, -0.15) is 12.6 Å². The predicted octanol–water partition coefficient (Wildman–Crippen LogP) is -3.92. The number of hydrogen-bond acceptors (Lipinski definition) is 9. The normalized spacial score (nSPS) is 15.1. The Hall–Kier alpha value is -3.11. The maximum absolute atomic E-state index is 12.8. The van der Waals surface area contributed by atoms with Gasteiger partial charge in [-0.3, -0.25) is 24.2 Å². The number of aliphatic hydroxyl groups excluding tert-OH is 1. The number of carboxylic acids is 2. The fraction of sp³-hybridized carbons (Fsp3) is 0.667. The molecule has 0 saturated heterocycles. The van der Waals surface area contributed by atoms with Crippen LogP contribution in [-0.4, -0.2) is 93.5 Å². The van der Waals surface area contributed by atoms with Gasteiger partial charge in [-0.15, -0.1) is 0 Å². The molecule has 0 aromatic heterocycles. The average Bonchev–Trinajstić information content (AvgIpc) is 2.74. The number of carbonyl (C=O) groups excluding carboxylic acids is 3. The molecule has 0 aliphatic rings. The van der Waals surface area contributed by atoms with Crippen molar-refractivity contribution in [1.82, 2.24) is 16.0 Å². The van der Waals surface area contributed by atoms with Crippen molar-refractivity contribution < 1.29 is 39.3 Å². The summed E-state index contributed by atoms with van der Waals surface area (Å²) in [6.07, 6.45) is -1.73. The molecule has 5 atom stereocenters. The summed E-state index contributed by atoms with van der Waals surface area (Å²) in [6, 6.07) is -5.37. The second kappa shape index (κ2) is 15.7. The summed E-state index contributed by atoms with van der Waals surface area (Å²) in [5.74, 6) is -5.58. The van der Waals surface area contributed by atoms with E-state index < -0.39 is 59.9 Å². The first-order valence-electron chi connectivity index (χ1n) is 10.3. The van der Waals surface area contributed by atoms with Crippen LogP contribution in [0.25, 0.3) is 0 Å². The molecule has 16 heteroatoms. The van der Waals surface area contributed by atoms with E-state index in [1.807, 2.05) is 0 Å². The summed E-state index contributed by atoms with van der Waals surface area (Å²) < 4.78 is 0. The van der Waals surface area contributed by atoms with Gasteiger partial charge < -0.3 is 48.5 Å². The minimum atomic E-state index is -1.55. The van der Waals surface area contributed by atoms with Crippen molar-refractivity contribution in [3.63, 3.8) is 0 Å². The topological polar surface area (TPSA) is 273 Å². The molecule has 0 rings (SSSR count). The monoisotopic (exact) mass is 507 g/mol. The van der Waals surface area contributed by atoms with Crippen LogP contribution in [0, 0.1) is 0 Å². The van der Waals surface area contributed by atoms with E-state index in [0.29, 0.717) is 0 Å². The third-order valence-corrected chi connectivity index (χ3v) is 4.81. The predicted molar refractivity (Wildman–Crippen MR) is 124 cm³/mol. The molecule has 34 heavy (non-hydrogen) atoms. The third-order valence-electron chi connectivity index (χ3n) is 4.44. The van der Waals surface area contributed by atoms with Crippen LogP contribution in [0.4, 0.5) is 0 Å². The molecule has 0 spiro atoms. The lowest BCUT2D eigenvalue weighted by Gasteiger charge is -2.26. The standard InChI is InChI=1S/C18H33N7O8S/c1-8(26)13(16(31)24-11(7-34)17(32)33)25-15(30)10(3-2-6-22-18(20)21)23-14(29)9(19)4-5-12(27)28/h8-11,13,26,34H,2-7,19H2,1H3,(H,23,29)(H,24,31)(H,25,30)(H,27,28)(H,32,33)(H4,20,21,22). The molecule has 0 bridgehead atoms. The van der Waals surface area contributed by atoms with E-state index in [1.54, 1.807) is 0 Å². The van der Waals surface area contributed by atoms with Gasteiger partial charge in [0.1, 0.15) is 18.1 Å². The van der Waals surface area contributed by atoms with Gasteiger partial charge in [-0.25, -0.2) is 4.79 Å². The van der Waals surface area contributed by atoms with Crippen molar-refractivity contribution >= 4 is 48.2 Å². The maximum atomic E-state index is 12.8. The van der Waals surface area contributed by atoms with Crippen molar-refractivity contribution in [3.05, 3.63) is 0 Å². The van der Waals surface area contributed by atoms with Gasteiger partial charge in [0, 0.05) is 18.7 Å². The number of nitrogens with zero attached hydrogens (tertiary/aromatic N) is 1. The number of rotatable bonds is 16. The first-order valence-corrected chi connectivity index (χ1v) is 10.9. The zero-order valence-electron chi connectivity index (χ0n) is 18.6. The quantitative estimate of drug-likeness (QED) is 0.0417. The fourth-order valence-corrected chi connectivity index (χ4v) is 2.81. The van der Waals surface area contributed by atoms with E-state index in [9.17, 15) is 29.1 Å². The number of carbonyl (C=O) groups is 5. The fourth-order valence-electron chi connectivity index (χ4n) is 2.57. The second-order valence-electron chi connectivity index (χ2n) is 7.36. The van der Waals surface area contributed by atoms with E-state index >= 15 is 0 Å². The molecule has 0 aromatic rings. The Bertz CT molecular complexity index is 761. The lowest BCUT2D eigenvalue weighted by molar-refractivity contribution is -0.142. The van der Waals surface area contributed by atoms with E-state index in [2.05, 4.69) is 33.6 Å². The van der Waals surface area contributed by atoms with Gasteiger partial charge in [0.2, 0.25) is 17.7 Å². The van der Waals surface area contributed by atoms with Gasteiger partial charge in [0.05, 0.1) is 12.1 Å². The summed E-state index contributed by atoms with van der Waals surface area (Å²) in [7, 11) is 0. The number of thiol groups is 1. The van der Waals surface area contributed by atoms with E-state index in [1.165, 1.54) is 6.92 Å². The van der Waals surface area contributed by atoms with Crippen molar-refractivity contribution in [2.24, 2.45) is 22.2 Å². The van der Waals surface area contributed by atoms with Crippen LogP contribution < -0.4 is 33.2 Å². The highest BCUT2D eigenvalue weighted by molar-refractivity contribution is 7.80. The van der Waals surface area contributed by atoms with Crippen LogP contribution >= 0.6 is 12.6 Å². The molecule has 0 aromatic carbocycles. The van der Waals surface area contributed by atoms with Crippen LogP contribution in [0.15, 0.2) is 4.99 Å². The van der Waals surface area contributed by atoms with Gasteiger partial charge in [0.15, 0.2) is 5.96 Å². The summed E-state index contributed by atoms with van der Waals surface area (Å²) in [5, 5.41) is 34.6. The molecule has 0 radical (unpaired) electrons. The molecule has 3 amide bonds. The van der Waals surface area contributed by atoms with Crippen LogP contribution in [0.1, 0.15) is 32.6 Å². The zero-order chi connectivity index (χ0) is 26.4. The highest BCUT2D eigenvalue weighted by Crippen LogP contribution is 2.04. The Morgan fingerprint density at radius 1 is 0.941 bits per heavy atom. The molecule has 0 fully saturated rings. The van der Waals surface area contributed by atoms with E-state index in [-0.39, 0.29) is 43.9 Å². The first-order chi connectivity index (χ1) is 15.8. The maximum Gasteiger partial charge on any atom is 0.327 e. The number of aliphatic imine (C=N–C) groups is 1. The summed E-state index contributed by atoms with van der Waals surface area (Å²) in [5.41, 5.74) is 16.2. The zero-order valence-corrected chi connectivity index (χ0v) is 19.5. The number of nitrogens with one attached hydrogen (secondary N) is 3. The van der Waals surface area contributed by atoms with Crippen LogP contribution in [0.5, 0.6) is 0 Å². The van der Waals surface area contributed by atoms with Crippen molar-refractivity contribution in [1.29, 1.82) is 0 Å². The average molecular weight is 508 g/mol. The lowest BCUT2D eigenvalue weighted by atomic mass is 10.1. The molecule has 15 nitrogen and oxygen atoms in total. The number of aliphatic hydroxyl groups is 1. The Balaban J connectivity index is 5.45. The smallest absolute Gasteiger partial charge is 0.327 e. The highest BCUT2D eigenvalue weighted by atomic mass is 32.1. The Labute approximate surface area is 201 Å². The molecule has 194 valence electrons. The summed E-state index contributed by atoms with van der Waals surface area (Å²) >= 11 is 3.83. The minimum Gasteiger partial charge on any atom is -0.481 e. The molecule has 0 aliphatic heterocycles. The van der Waals surface area contributed by atoms with Crippen molar-refractivity contribution in [2.45, 2.75) is 62.9 Å². The first kappa shape index (κ1) is 30.9. The molecule has 5 unspecified atom stereocenters. The second-order valence-corrected chi connectivity index (χ2v) is 7.72. The number of nitrogens with two attached hydrogens (primary N) is 3. The molecule has 0 aliphatic carbocycles. The number of amides is 3. The lowest BCUT2D eigenvalue weighted by Crippen LogP contribution is -2.60. The Morgan fingerprint density at radius 3 is 2.00 bits per heavy atom. The number of hydrogen-bond donors (Lipinski definition) is 10. The van der Waals surface area contributed by atoms with Crippen molar-refractivity contribution in [2.75, 3.05) is 12.3 Å². The van der Waals surface area contributed by atoms with Crippen LogP contribution in [-0.2, 0) is 24.0 Å². The Morgan fingerprint density at radius 2 is 1.53 bits per heavy atom. The van der Waals surface area contributed by atoms with Gasteiger partial charge in [-0.1, -0.05) is 0 Å². The molecule has 0 heterocycles. The van der Waals surface area contributed by atoms with Crippen molar-refractivity contribution in [3.8, 4) is 0 Å².